The summed E-state index contributed by atoms with van der Waals surface area (Å²) < 4.78 is 39.0. The Labute approximate surface area is 204 Å². The van der Waals surface area contributed by atoms with Crippen LogP contribution in [0.15, 0.2) is 36.4 Å². The second-order valence-electron chi connectivity index (χ2n) is 9.21. The second-order valence-corrected chi connectivity index (χ2v) is 9.62. The van der Waals surface area contributed by atoms with Gasteiger partial charge >= 0.3 is 0 Å². The van der Waals surface area contributed by atoms with Crippen LogP contribution in [0.2, 0.25) is 5.02 Å². The zero-order valence-electron chi connectivity index (χ0n) is 19.6. The maximum absolute atomic E-state index is 14.2. The topological polar surface area (TPSA) is 50.8 Å². The number of carbonyl (C=O) groups is 1. The molecule has 2 fully saturated rings. The first-order chi connectivity index (χ1) is 16.4. The molecule has 34 heavy (non-hydrogen) atoms. The van der Waals surface area contributed by atoms with Crippen molar-refractivity contribution >= 4 is 17.5 Å². The van der Waals surface area contributed by atoms with Crippen molar-refractivity contribution in [2.45, 2.75) is 43.9 Å². The average molecular weight is 493 g/mol. The van der Waals surface area contributed by atoms with Crippen molar-refractivity contribution in [1.82, 2.24) is 10.2 Å². The molecule has 2 aliphatic rings. The van der Waals surface area contributed by atoms with Crippen LogP contribution in [0.1, 0.15) is 36.0 Å². The van der Waals surface area contributed by atoms with Gasteiger partial charge < -0.3 is 14.8 Å². The highest BCUT2D eigenvalue weighted by Gasteiger charge is 2.49. The molecule has 0 spiro atoms. The molecule has 1 saturated carbocycles. The van der Waals surface area contributed by atoms with Crippen LogP contribution in [0.3, 0.4) is 0 Å². The number of amides is 1. The lowest BCUT2D eigenvalue weighted by molar-refractivity contribution is -0.151. The highest BCUT2D eigenvalue weighted by atomic mass is 35.5. The summed E-state index contributed by atoms with van der Waals surface area (Å²) in [6.07, 6.45) is 3.16. The smallest absolute Gasteiger partial charge is 0.227 e. The first-order valence-corrected chi connectivity index (χ1v) is 12.0. The Balaban J connectivity index is 1.60. The first kappa shape index (κ1) is 25.0. The largest absolute Gasteiger partial charge is 0.384 e. The third-order valence-corrected chi connectivity index (χ3v) is 7.28. The maximum Gasteiger partial charge on any atom is 0.227 e. The number of nitrogens with zero attached hydrogens (tertiary/aromatic N) is 1. The molecular formula is C26H31ClF2N2O3. The summed E-state index contributed by atoms with van der Waals surface area (Å²) in [6.45, 7) is 2.21. The van der Waals surface area contributed by atoms with Gasteiger partial charge in [-0.2, -0.15) is 0 Å². The van der Waals surface area contributed by atoms with Crippen molar-refractivity contribution in [3.05, 3.63) is 69.7 Å². The van der Waals surface area contributed by atoms with Crippen LogP contribution in [0, 0.1) is 17.6 Å². The lowest BCUT2D eigenvalue weighted by Crippen LogP contribution is -2.56. The molecule has 2 unspecified atom stereocenters. The number of methoxy groups -OCH3 is 2. The van der Waals surface area contributed by atoms with Crippen LogP contribution < -0.4 is 5.32 Å². The first-order valence-electron chi connectivity index (χ1n) is 11.7. The fourth-order valence-corrected chi connectivity index (χ4v) is 4.97. The van der Waals surface area contributed by atoms with Gasteiger partial charge in [0.15, 0.2) is 11.6 Å². The minimum atomic E-state index is -1.05. The summed E-state index contributed by atoms with van der Waals surface area (Å²) in [7, 11) is 3.21. The highest BCUT2D eigenvalue weighted by molar-refractivity contribution is 6.31. The molecular weight excluding hydrogens is 462 g/mol. The lowest BCUT2D eigenvalue weighted by atomic mass is 9.75. The Morgan fingerprint density at radius 2 is 1.97 bits per heavy atom. The Kier molecular flexibility index (Phi) is 7.87. The fraction of sp³-hybridized carbons (Fsp3) is 0.500. The molecule has 0 aromatic heterocycles. The quantitative estimate of drug-likeness (QED) is 0.562. The predicted molar refractivity (Wildman–Crippen MR) is 127 cm³/mol. The molecule has 2 aromatic rings. The third-order valence-electron chi connectivity index (χ3n) is 6.91. The van der Waals surface area contributed by atoms with Gasteiger partial charge in [-0.15, -0.1) is 0 Å². The molecule has 1 saturated heterocycles. The number of carbonyl (C=O) groups excluding carboxylic acids is 1. The Bertz CT molecular complexity index is 1030. The van der Waals surface area contributed by atoms with Crippen molar-refractivity contribution in [2.75, 3.05) is 33.9 Å². The van der Waals surface area contributed by atoms with E-state index in [1.54, 1.807) is 7.11 Å². The number of ether oxygens (including phenoxy) is 2. The molecule has 1 aliphatic heterocycles. The van der Waals surface area contributed by atoms with Gasteiger partial charge in [-0.25, -0.2) is 8.78 Å². The number of nitrogens with one attached hydrogen (secondary N) is 1. The van der Waals surface area contributed by atoms with E-state index in [0.29, 0.717) is 43.2 Å². The zero-order valence-corrected chi connectivity index (χ0v) is 20.3. The molecule has 0 radical (unpaired) electrons. The monoisotopic (exact) mass is 492 g/mol. The number of piperidine rings is 1. The summed E-state index contributed by atoms with van der Waals surface area (Å²) in [5.74, 6) is -2.59. The summed E-state index contributed by atoms with van der Waals surface area (Å²) in [4.78, 5) is 15.5. The number of benzene rings is 2. The highest BCUT2D eigenvalue weighted by Crippen LogP contribution is 2.42. The Morgan fingerprint density at radius 1 is 1.18 bits per heavy atom. The van der Waals surface area contributed by atoms with E-state index in [2.05, 4.69) is 16.3 Å². The summed E-state index contributed by atoms with van der Waals surface area (Å²) in [5, 5.41) is 3.75. The minimum Gasteiger partial charge on any atom is -0.384 e. The molecule has 184 valence electrons. The number of likely N-dealkylation sites (tertiary alicyclic amines) is 1. The molecule has 8 heteroatoms. The molecule has 1 N–H and O–H groups in total. The van der Waals surface area contributed by atoms with Gasteiger partial charge in [0.05, 0.1) is 12.5 Å². The number of hydrogen-bond donors (Lipinski definition) is 1. The molecule has 2 atom stereocenters. The molecule has 2 aromatic carbocycles. The minimum absolute atomic E-state index is 0.126. The summed E-state index contributed by atoms with van der Waals surface area (Å²) >= 11 is 6.50. The normalized spacial score (nSPS) is 23.1. The molecule has 5 nitrogen and oxygen atoms in total. The number of rotatable bonds is 9. The molecule has 1 amide bonds. The van der Waals surface area contributed by atoms with E-state index in [9.17, 15) is 13.6 Å². The Hall–Kier alpha value is -2.06. The van der Waals surface area contributed by atoms with Crippen molar-refractivity contribution in [3.8, 4) is 0 Å². The van der Waals surface area contributed by atoms with Gasteiger partial charge in [-0.3, -0.25) is 9.69 Å². The maximum atomic E-state index is 14.2. The van der Waals surface area contributed by atoms with Crippen LogP contribution in [-0.2, 0) is 32.8 Å². The number of hydrogen-bond acceptors (Lipinski definition) is 4. The molecule has 4 rings (SSSR count). The lowest BCUT2D eigenvalue weighted by Gasteiger charge is -2.46. The van der Waals surface area contributed by atoms with Gasteiger partial charge in [0.25, 0.3) is 0 Å². The van der Waals surface area contributed by atoms with E-state index in [4.69, 9.17) is 21.1 Å². The van der Waals surface area contributed by atoms with Gasteiger partial charge in [0, 0.05) is 44.9 Å². The average Bonchev–Trinajstić information content (AvgIpc) is 3.65. The van der Waals surface area contributed by atoms with Gasteiger partial charge in [-0.05, 0) is 60.6 Å². The van der Waals surface area contributed by atoms with Crippen LogP contribution in [-0.4, -0.2) is 50.8 Å². The summed E-state index contributed by atoms with van der Waals surface area (Å²) in [6, 6.07) is 9.91. The fourth-order valence-electron chi connectivity index (χ4n) is 4.80. The van der Waals surface area contributed by atoms with E-state index in [0.717, 1.165) is 42.5 Å². The van der Waals surface area contributed by atoms with E-state index in [1.807, 2.05) is 12.1 Å². The standard InChI is InChI=1S/C26H31ClF2N2O3/c1-33-12-9-17-3-7-22(27)18(13-17)15-31-11-10-26(34-2,19-4-8-23(28)24(29)14-19)21(16-31)25(32)30-20-5-6-20/h3-4,7-8,13-14,20-21H,5-6,9-12,15-16H2,1-2H3,(H,30,32). The molecule has 1 heterocycles. The van der Waals surface area contributed by atoms with Gasteiger partial charge in [-0.1, -0.05) is 29.8 Å². The van der Waals surface area contributed by atoms with Crippen molar-refractivity contribution in [3.63, 3.8) is 0 Å². The van der Waals surface area contributed by atoms with E-state index in [-0.39, 0.29) is 11.9 Å². The van der Waals surface area contributed by atoms with Crippen molar-refractivity contribution in [2.24, 2.45) is 5.92 Å². The van der Waals surface area contributed by atoms with E-state index in [1.165, 1.54) is 13.2 Å². The second kappa shape index (κ2) is 10.7. The van der Waals surface area contributed by atoms with E-state index >= 15 is 0 Å². The van der Waals surface area contributed by atoms with Crippen molar-refractivity contribution < 1.29 is 23.0 Å². The third kappa shape index (κ3) is 5.43. The van der Waals surface area contributed by atoms with Gasteiger partial charge in [0.1, 0.15) is 5.60 Å². The SMILES string of the molecule is COCCc1ccc(Cl)c(CN2CCC(OC)(c3ccc(F)c(F)c3)C(C(=O)NC3CC3)C2)c1. The van der Waals surface area contributed by atoms with Gasteiger partial charge in [0.2, 0.25) is 5.91 Å². The van der Waals surface area contributed by atoms with E-state index < -0.39 is 23.2 Å². The van der Waals surface area contributed by atoms with Crippen molar-refractivity contribution in [1.29, 1.82) is 0 Å². The summed E-state index contributed by atoms with van der Waals surface area (Å²) in [5.41, 5.74) is 1.54. The van der Waals surface area contributed by atoms with Crippen LogP contribution in [0.5, 0.6) is 0 Å². The Morgan fingerprint density at radius 3 is 2.65 bits per heavy atom. The zero-order chi connectivity index (χ0) is 24.3. The molecule has 0 bridgehead atoms. The van der Waals surface area contributed by atoms with Crippen LogP contribution >= 0.6 is 11.6 Å². The molecule has 1 aliphatic carbocycles. The number of halogens is 3. The van der Waals surface area contributed by atoms with Crippen LogP contribution in [0.4, 0.5) is 8.78 Å². The van der Waals surface area contributed by atoms with Crippen LogP contribution in [0.25, 0.3) is 0 Å². The predicted octanol–water partition coefficient (Wildman–Crippen LogP) is 4.45.